The van der Waals surface area contributed by atoms with E-state index in [1.807, 2.05) is 4.90 Å². The van der Waals surface area contributed by atoms with E-state index in [2.05, 4.69) is 49.1 Å². The molecule has 8 nitrogen and oxygen atoms in total. The van der Waals surface area contributed by atoms with Crippen molar-refractivity contribution in [3.63, 3.8) is 0 Å². The summed E-state index contributed by atoms with van der Waals surface area (Å²) >= 11 is 0. The van der Waals surface area contributed by atoms with Crippen LogP contribution in [0.5, 0.6) is 0 Å². The lowest BCUT2D eigenvalue weighted by atomic mass is 9.46. The lowest BCUT2D eigenvalue weighted by Gasteiger charge is -2.58. The van der Waals surface area contributed by atoms with Gasteiger partial charge in [0.05, 0.1) is 12.7 Å². The van der Waals surface area contributed by atoms with E-state index in [1.54, 1.807) is 5.57 Å². The standard InChI is InChI=1S/C39H62N4O4/c1-26-10-15-39(46-25-26)27(2)36-33(47-39)23-32-30-9-8-28-22-29(11-13-37(28,3)31(30)12-14-38(32,36)4)40-34(44)24-35(45)41-18-20-43(21-19-41)42-16-6-5-7-17-42/h8,26-27,29-33,36H,5-7,9-25H2,1-4H3,(H,40,44)/t26-,27+,29-,30-,31+,32+,33+,36+,37+,38+,39-/m1/s1. The maximum absolute atomic E-state index is 13.1. The van der Waals surface area contributed by atoms with Gasteiger partial charge in [0.15, 0.2) is 5.79 Å². The molecule has 8 rings (SSSR count). The fraction of sp³-hybridized carbons (Fsp3) is 0.897. The van der Waals surface area contributed by atoms with E-state index >= 15 is 0 Å². The van der Waals surface area contributed by atoms with E-state index in [9.17, 15) is 9.59 Å². The van der Waals surface area contributed by atoms with Crippen molar-refractivity contribution >= 4 is 11.8 Å². The van der Waals surface area contributed by atoms with Gasteiger partial charge < -0.3 is 19.7 Å². The van der Waals surface area contributed by atoms with E-state index in [1.165, 1.54) is 51.4 Å². The Morgan fingerprint density at radius 3 is 2.43 bits per heavy atom. The van der Waals surface area contributed by atoms with Crippen LogP contribution in [0.4, 0.5) is 0 Å². The third kappa shape index (κ3) is 5.54. The summed E-state index contributed by atoms with van der Waals surface area (Å²) in [6, 6.07) is 0.144. The highest BCUT2D eigenvalue weighted by atomic mass is 16.7. The van der Waals surface area contributed by atoms with Gasteiger partial charge in [-0.15, -0.1) is 0 Å². The second-order valence-electron chi connectivity index (χ2n) is 17.8. The van der Waals surface area contributed by atoms with Crippen LogP contribution < -0.4 is 5.32 Å². The normalized spacial score (nSPS) is 47.1. The monoisotopic (exact) mass is 650 g/mol. The van der Waals surface area contributed by atoms with Gasteiger partial charge in [0, 0.05) is 57.6 Å². The summed E-state index contributed by atoms with van der Waals surface area (Å²) in [6.07, 6.45) is 17.1. The van der Waals surface area contributed by atoms with Crippen molar-refractivity contribution in [3.05, 3.63) is 11.6 Å². The largest absolute Gasteiger partial charge is 0.353 e. The molecule has 4 saturated heterocycles. The molecule has 3 saturated carbocycles. The van der Waals surface area contributed by atoms with E-state index in [-0.39, 0.29) is 35.5 Å². The summed E-state index contributed by atoms with van der Waals surface area (Å²) in [6.45, 7) is 16.2. The van der Waals surface area contributed by atoms with Gasteiger partial charge in [-0.05, 0) is 105 Å². The first-order valence-corrected chi connectivity index (χ1v) is 19.7. The minimum atomic E-state index is -0.340. The van der Waals surface area contributed by atoms with Gasteiger partial charge in [-0.3, -0.25) is 9.59 Å². The van der Waals surface area contributed by atoms with Crippen LogP contribution >= 0.6 is 0 Å². The van der Waals surface area contributed by atoms with Crippen LogP contribution in [0.1, 0.15) is 111 Å². The molecule has 8 heteroatoms. The summed E-state index contributed by atoms with van der Waals surface area (Å²) in [5.41, 5.74) is 2.13. The number of allylic oxidation sites excluding steroid dienone is 1. The van der Waals surface area contributed by atoms with Gasteiger partial charge in [0.2, 0.25) is 11.8 Å². The third-order valence-electron chi connectivity index (χ3n) is 15.4. The second-order valence-corrected chi connectivity index (χ2v) is 17.8. The van der Waals surface area contributed by atoms with E-state index in [0.717, 1.165) is 89.3 Å². The number of carbonyl (C=O) groups is 2. The third-order valence-corrected chi connectivity index (χ3v) is 15.4. The highest BCUT2D eigenvalue weighted by Gasteiger charge is 2.68. The minimum Gasteiger partial charge on any atom is -0.353 e. The van der Waals surface area contributed by atoms with Gasteiger partial charge in [-0.2, -0.15) is 0 Å². The number of nitrogens with one attached hydrogen (secondary N) is 1. The molecule has 2 amide bonds. The molecule has 0 aromatic rings. The Kier molecular flexibility index (Phi) is 8.62. The number of hydrazine groups is 1. The summed E-state index contributed by atoms with van der Waals surface area (Å²) < 4.78 is 13.5. The molecular formula is C39H62N4O4. The lowest BCUT2D eigenvalue weighted by molar-refractivity contribution is -0.272. The van der Waals surface area contributed by atoms with Crippen molar-refractivity contribution in [1.29, 1.82) is 0 Å². The first kappa shape index (κ1) is 32.7. The van der Waals surface area contributed by atoms with Crippen LogP contribution in [0.15, 0.2) is 11.6 Å². The van der Waals surface area contributed by atoms with E-state index < -0.39 is 0 Å². The molecule has 11 atom stereocenters. The average molecular weight is 651 g/mol. The number of piperazine rings is 1. The van der Waals surface area contributed by atoms with Crippen LogP contribution in [-0.2, 0) is 19.1 Å². The van der Waals surface area contributed by atoms with Crippen molar-refractivity contribution in [2.45, 2.75) is 129 Å². The number of carbonyl (C=O) groups excluding carboxylic acids is 2. The highest BCUT2D eigenvalue weighted by molar-refractivity contribution is 5.97. The zero-order valence-electron chi connectivity index (χ0n) is 29.8. The van der Waals surface area contributed by atoms with Crippen LogP contribution in [0, 0.1) is 46.3 Å². The Hall–Kier alpha value is -1.48. The molecule has 0 unspecified atom stereocenters. The molecule has 4 aliphatic heterocycles. The number of hydrogen-bond donors (Lipinski definition) is 1. The highest BCUT2D eigenvalue weighted by Crippen LogP contribution is 2.70. The van der Waals surface area contributed by atoms with Gasteiger partial charge >= 0.3 is 0 Å². The summed E-state index contributed by atoms with van der Waals surface area (Å²) in [7, 11) is 0. The number of piperidine rings is 1. The molecule has 4 heterocycles. The molecule has 7 fully saturated rings. The summed E-state index contributed by atoms with van der Waals surface area (Å²) in [5.74, 6) is 3.43. The van der Waals surface area contributed by atoms with Crippen LogP contribution in [0.3, 0.4) is 0 Å². The Morgan fingerprint density at radius 1 is 0.915 bits per heavy atom. The topological polar surface area (TPSA) is 74.3 Å². The molecule has 1 N–H and O–H groups in total. The molecule has 4 aliphatic carbocycles. The Balaban J connectivity index is 0.860. The Bertz CT molecular complexity index is 1230. The summed E-state index contributed by atoms with van der Waals surface area (Å²) in [5, 5.41) is 8.20. The van der Waals surface area contributed by atoms with Gasteiger partial charge in [-0.1, -0.05) is 45.8 Å². The number of rotatable bonds is 4. The molecule has 262 valence electrons. The van der Waals surface area contributed by atoms with Crippen molar-refractivity contribution in [1.82, 2.24) is 20.2 Å². The second kappa shape index (κ2) is 12.4. The molecule has 0 aromatic carbocycles. The lowest BCUT2D eigenvalue weighted by Crippen LogP contribution is -2.56. The number of hydrogen-bond acceptors (Lipinski definition) is 6. The maximum Gasteiger partial charge on any atom is 0.232 e. The molecule has 0 radical (unpaired) electrons. The minimum absolute atomic E-state index is 0.0124. The van der Waals surface area contributed by atoms with Crippen molar-refractivity contribution < 1.29 is 19.1 Å². The van der Waals surface area contributed by atoms with Crippen LogP contribution in [-0.4, -0.2) is 90.5 Å². The van der Waals surface area contributed by atoms with Crippen molar-refractivity contribution in [3.8, 4) is 0 Å². The predicted molar refractivity (Wildman–Crippen MR) is 182 cm³/mol. The molecule has 8 aliphatic rings. The Labute approximate surface area is 283 Å². The van der Waals surface area contributed by atoms with Gasteiger partial charge in [-0.25, -0.2) is 10.0 Å². The summed E-state index contributed by atoms with van der Waals surface area (Å²) in [4.78, 5) is 28.1. The van der Waals surface area contributed by atoms with Crippen LogP contribution in [0.2, 0.25) is 0 Å². The molecule has 47 heavy (non-hydrogen) atoms. The predicted octanol–water partition coefficient (Wildman–Crippen LogP) is 5.77. The average Bonchev–Trinajstić information content (AvgIpc) is 3.52. The van der Waals surface area contributed by atoms with Crippen LogP contribution in [0.25, 0.3) is 0 Å². The van der Waals surface area contributed by atoms with Crippen molar-refractivity contribution in [2.24, 2.45) is 46.3 Å². The first-order valence-electron chi connectivity index (χ1n) is 19.7. The molecular weight excluding hydrogens is 588 g/mol. The maximum atomic E-state index is 13.1. The first-order chi connectivity index (χ1) is 22.6. The van der Waals surface area contributed by atoms with Gasteiger partial charge in [0.25, 0.3) is 0 Å². The Morgan fingerprint density at radius 2 is 1.68 bits per heavy atom. The number of amides is 2. The van der Waals surface area contributed by atoms with Gasteiger partial charge in [0.1, 0.15) is 6.42 Å². The molecule has 0 aromatic heterocycles. The van der Waals surface area contributed by atoms with Crippen molar-refractivity contribution in [2.75, 3.05) is 45.9 Å². The zero-order valence-corrected chi connectivity index (χ0v) is 29.8. The SMILES string of the molecule is C[C@@H]1CC[C@@]2(OC1)O[C@H]1C[C@H]3[C@@H]4CC=C5C[C@H](NC(=O)CC(=O)N6CCN(N7CCCCC7)CC6)CC[C@]5(C)[C@H]4CC[C@]3(C)[C@H]1[C@@H]2C. The quantitative estimate of drug-likeness (QED) is 0.308. The zero-order chi connectivity index (χ0) is 32.6. The number of fused-ring (bicyclic) bond motifs is 7. The smallest absolute Gasteiger partial charge is 0.232 e. The molecule has 1 spiro atoms. The van der Waals surface area contributed by atoms with E-state index in [4.69, 9.17) is 9.47 Å². The number of nitrogens with zero attached hydrogens (tertiary/aromatic N) is 3. The van der Waals surface area contributed by atoms with E-state index in [0.29, 0.717) is 29.3 Å². The molecule has 0 bridgehead atoms. The number of ether oxygens (including phenoxy) is 2. The fourth-order valence-electron chi connectivity index (χ4n) is 12.7. The fourth-order valence-corrected chi connectivity index (χ4v) is 12.7.